The molecule has 1 saturated heterocycles. The number of hydrogen-bond acceptors (Lipinski definition) is 3. The van der Waals surface area contributed by atoms with Gasteiger partial charge in [0.1, 0.15) is 6.10 Å². The van der Waals surface area contributed by atoms with Gasteiger partial charge in [0.15, 0.2) is 0 Å². The predicted molar refractivity (Wildman–Crippen MR) is 51.4 cm³/mol. The summed E-state index contributed by atoms with van der Waals surface area (Å²) in [6, 6.07) is 2.04. The van der Waals surface area contributed by atoms with Gasteiger partial charge in [0.2, 0.25) is 0 Å². The van der Waals surface area contributed by atoms with Crippen LogP contribution >= 0.6 is 27.3 Å². The summed E-state index contributed by atoms with van der Waals surface area (Å²) >= 11 is 5.17. The number of halogens is 1. The molecule has 0 bridgehead atoms. The third kappa shape index (κ3) is 1.88. The maximum atomic E-state index is 5.56. The van der Waals surface area contributed by atoms with Gasteiger partial charge < -0.3 is 9.47 Å². The molecule has 0 unspecified atom stereocenters. The van der Waals surface area contributed by atoms with Crippen molar-refractivity contribution in [3.8, 4) is 0 Å². The van der Waals surface area contributed by atoms with Gasteiger partial charge in [0.25, 0.3) is 0 Å². The van der Waals surface area contributed by atoms with Gasteiger partial charge in [-0.2, -0.15) is 0 Å². The second-order valence-corrected chi connectivity index (χ2v) is 4.52. The van der Waals surface area contributed by atoms with Crippen LogP contribution in [-0.4, -0.2) is 19.3 Å². The summed E-state index contributed by atoms with van der Waals surface area (Å²) in [5.41, 5.74) is 0. The van der Waals surface area contributed by atoms with Crippen LogP contribution in [0.5, 0.6) is 0 Å². The van der Waals surface area contributed by atoms with Crippen LogP contribution in [0.1, 0.15) is 4.88 Å². The minimum Gasteiger partial charge on any atom is -0.376 e. The van der Waals surface area contributed by atoms with E-state index in [0.717, 1.165) is 17.7 Å². The van der Waals surface area contributed by atoms with Crippen molar-refractivity contribution in [2.75, 3.05) is 13.2 Å². The summed E-state index contributed by atoms with van der Waals surface area (Å²) in [5.74, 6) is 0. The fourth-order valence-corrected chi connectivity index (χ4v) is 2.32. The first kappa shape index (κ1) is 8.69. The van der Waals surface area contributed by atoms with Crippen LogP contribution < -0.4 is 0 Å². The summed E-state index contributed by atoms with van der Waals surface area (Å²) in [5, 5.41) is 2.06. The van der Waals surface area contributed by atoms with E-state index in [-0.39, 0.29) is 0 Å². The Bertz CT molecular complexity index is 257. The third-order valence-corrected chi connectivity index (χ3v) is 3.65. The van der Waals surface area contributed by atoms with Crippen LogP contribution in [0, 0.1) is 0 Å². The Kier molecular flexibility index (Phi) is 2.80. The van der Waals surface area contributed by atoms with Crippen LogP contribution in [0.2, 0.25) is 0 Å². The highest BCUT2D eigenvalue weighted by Crippen LogP contribution is 2.24. The number of hydrogen-bond donors (Lipinski definition) is 0. The Morgan fingerprint density at radius 2 is 2.50 bits per heavy atom. The Morgan fingerprint density at radius 1 is 1.67 bits per heavy atom. The molecule has 2 nitrogen and oxygen atoms in total. The molecule has 2 rings (SSSR count). The van der Waals surface area contributed by atoms with Crippen molar-refractivity contribution in [2.45, 2.75) is 12.7 Å². The molecular weight excluding hydrogens is 240 g/mol. The van der Waals surface area contributed by atoms with Gasteiger partial charge >= 0.3 is 0 Å². The number of rotatable bonds is 3. The van der Waals surface area contributed by atoms with Crippen molar-refractivity contribution < 1.29 is 9.47 Å². The van der Waals surface area contributed by atoms with E-state index in [0.29, 0.717) is 12.7 Å². The molecule has 66 valence electrons. The molecule has 0 spiro atoms. The molecular formula is C8H9BrO2S. The first-order valence-electron chi connectivity index (χ1n) is 3.77. The van der Waals surface area contributed by atoms with Gasteiger partial charge in [-0.25, -0.2) is 0 Å². The quantitative estimate of drug-likeness (QED) is 0.819. The molecule has 0 radical (unpaired) electrons. The lowest BCUT2D eigenvalue weighted by atomic mass is 10.3. The van der Waals surface area contributed by atoms with Crippen molar-refractivity contribution in [3.05, 3.63) is 20.8 Å². The molecule has 0 aromatic carbocycles. The SMILES string of the molecule is Brc1ccsc1COC1COC1. The summed E-state index contributed by atoms with van der Waals surface area (Å²) in [7, 11) is 0. The molecule has 1 aromatic rings. The zero-order valence-corrected chi connectivity index (χ0v) is 8.86. The van der Waals surface area contributed by atoms with E-state index < -0.39 is 0 Å². The van der Waals surface area contributed by atoms with E-state index >= 15 is 0 Å². The maximum Gasteiger partial charge on any atom is 0.105 e. The molecule has 0 atom stereocenters. The lowest BCUT2D eigenvalue weighted by Gasteiger charge is -2.25. The summed E-state index contributed by atoms with van der Waals surface area (Å²) in [4.78, 5) is 1.25. The summed E-state index contributed by atoms with van der Waals surface area (Å²) in [6.07, 6.45) is 0.319. The van der Waals surface area contributed by atoms with E-state index in [9.17, 15) is 0 Å². The molecule has 12 heavy (non-hydrogen) atoms. The lowest BCUT2D eigenvalue weighted by molar-refractivity contribution is -0.134. The summed E-state index contributed by atoms with van der Waals surface area (Å²) < 4.78 is 11.7. The first-order valence-corrected chi connectivity index (χ1v) is 5.45. The molecule has 1 fully saturated rings. The second kappa shape index (κ2) is 3.87. The molecule has 1 aliphatic rings. The van der Waals surface area contributed by atoms with Crippen LogP contribution in [0.25, 0.3) is 0 Å². The fourth-order valence-electron chi connectivity index (χ4n) is 0.932. The van der Waals surface area contributed by atoms with Crippen molar-refractivity contribution in [1.29, 1.82) is 0 Å². The van der Waals surface area contributed by atoms with Crippen molar-refractivity contribution in [3.63, 3.8) is 0 Å². The van der Waals surface area contributed by atoms with Gasteiger partial charge in [-0.1, -0.05) is 0 Å². The molecule has 0 aliphatic carbocycles. The first-order chi connectivity index (χ1) is 5.86. The normalized spacial score (nSPS) is 17.8. The molecule has 0 amide bonds. The van der Waals surface area contributed by atoms with Gasteiger partial charge in [-0.15, -0.1) is 11.3 Å². The number of thiophene rings is 1. The Morgan fingerprint density at radius 3 is 3.00 bits per heavy atom. The van der Waals surface area contributed by atoms with Crippen LogP contribution in [0.4, 0.5) is 0 Å². The highest BCUT2D eigenvalue weighted by molar-refractivity contribution is 9.10. The van der Waals surface area contributed by atoms with Crippen LogP contribution in [-0.2, 0) is 16.1 Å². The average molecular weight is 249 g/mol. The second-order valence-electron chi connectivity index (χ2n) is 2.66. The fraction of sp³-hybridized carbons (Fsp3) is 0.500. The zero-order valence-electron chi connectivity index (χ0n) is 6.46. The average Bonchev–Trinajstić information content (AvgIpc) is 2.33. The van der Waals surface area contributed by atoms with Crippen LogP contribution in [0.3, 0.4) is 0 Å². The molecule has 1 aromatic heterocycles. The van der Waals surface area contributed by atoms with Crippen molar-refractivity contribution in [1.82, 2.24) is 0 Å². The monoisotopic (exact) mass is 248 g/mol. The minimum atomic E-state index is 0.319. The van der Waals surface area contributed by atoms with E-state index in [4.69, 9.17) is 9.47 Å². The zero-order chi connectivity index (χ0) is 8.39. The minimum absolute atomic E-state index is 0.319. The van der Waals surface area contributed by atoms with Gasteiger partial charge in [0, 0.05) is 9.35 Å². The lowest BCUT2D eigenvalue weighted by Crippen LogP contribution is -2.35. The Balaban J connectivity index is 1.82. The van der Waals surface area contributed by atoms with Gasteiger partial charge in [0.05, 0.1) is 19.8 Å². The molecule has 0 N–H and O–H groups in total. The molecule has 1 aliphatic heterocycles. The summed E-state index contributed by atoms with van der Waals surface area (Å²) in [6.45, 7) is 2.21. The van der Waals surface area contributed by atoms with Gasteiger partial charge in [-0.3, -0.25) is 0 Å². The maximum absolute atomic E-state index is 5.56. The van der Waals surface area contributed by atoms with E-state index in [2.05, 4.69) is 21.3 Å². The van der Waals surface area contributed by atoms with Crippen molar-refractivity contribution >= 4 is 27.3 Å². The van der Waals surface area contributed by atoms with Gasteiger partial charge in [-0.05, 0) is 27.4 Å². The molecule has 2 heterocycles. The smallest absolute Gasteiger partial charge is 0.105 e. The topological polar surface area (TPSA) is 18.5 Å². The van der Waals surface area contributed by atoms with Crippen LogP contribution in [0.15, 0.2) is 15.9 Å². The van der Waals surface area contributed by atoms with E-state index in [1.807, 2.05) is 6.07 Å². The standard InChI is InChI=1S/C8H9BrO2S/c9-7-1-2-12-8(7)5-11-6-3-10-4-6/h1-2,6H,3-5H2. The highest BCUT2D eigenvalue weighted by Gasteiger charge is 2.19. The molecule has 4 heteroatoms. The Labute approximate surface area is 83.6 Å². The Hall–Kier alpha value is 0.1000. The number of ether oxygens (including phenoxy) is 2. The third-order valence-electron chi connectivity index (χ3n) is 1.75. The predicted octanol–water partition coefficient (Wildman–Crippen LogP) is 2.43. The largest absolute Gasteiger partial charge is 0.376 e. The van der Waals surface area contributed by atoms with E-state index in [1.165, 1.54) is 4.88 Å². The van der Waals surface area contributed by atoms with Crippen molar-refractivity contribution in [2.24, 2.45) is 0 Å². The van der Waals surface area contributed by atoms with E-state index in [1.54, 1.807) is 11.3 Å². The highest BCUT2D eigenvalue weighted by atomic mass is 79.9. The molecule has 0 saturated carbocycles.